The van der Waals surface area contributed by atoms with E-state index in [4.69, 9.17) is 10.7 Å². The number of nitrogens with two attached hydrogens (primary N) is 1. The number of hydrogen-bond donors (Lipinski definition) is 2. The number of hydrogen-bond acceptors (Lipinski definition) is 4. The first-order valence-corrected chi connectivity index (χ1v) is 8.08. The summed E-state index contributed by atoms with van der Waals surface area (Å²) in [5, 5.41) is 9.27. The second-order valence-corrected chi connectivity index (χ2v) is 6.94. The van der Waals surface area contributed by atoms with E-state index in [9.17, 15) is 9.90 Å². The van der Waals surface area contributed by atoms with E-state index in [1.54, 1.807) is 0 Å². The largest absolute Gasteiger partial charge is 0.480 e. The number of carboxylic acids is 1. The van der Waals surface area contributed by atoms with E-state index in [2.05, 4.69) is 29.4 Å². The van der Waals surface area contributed by atoms with Gasteiger partial charge in [-0.1, -0.05) is 26.0 Å². The standard InChI is InChI=1S/C17H24N4O2/c1-12(2)9-21-14-6-4-3-5-13(14)19-15(21)10-20-8-7-17(18,11-20)16(22)23/h3-6,12H,7-11,18H2,1-2H3,(H,22,23)/t17-/m0/s1. The van der Waals surface area contributed by atoms with Crippen LogP contribution in [0.4, 0.5) is 0 Å². The summed E-state index contributed by atoms with van der Waals surface area (Å²) in [6, 6.07) is 8.12. The highest BCUT2D eigenvalue weighted by Crippen LogP contribution is 2.23. The smallest absolute Gasteiger partial charge is 0.325 e. The number of aliphatic carboxylic acids is 1. The third kappa shape index (κ3) is 3.09. The van der Waals surface area contributed by atoms with Crippen LogP contribution in [-0.2, 0) is 17.9 Å². The van der Waals surface area contributed by atoms with Crippen LogP contribution in [0.5, 0.6) is 0 Å². The summed E-state index contributed by atoms with van der Waals surface area (Å²) < 4.78 is 2.25. The number of nitrogens with zero attached hydrogens (tertiary/aromatic N) is 3. The van der Waals surface area contributed by atoms with E-state index in [1.165, 1.54) is 0 Å². The Morgan fingerprint density at radius 1 is 1.43 bits per heavy atom. The van der Waals surface area contributed by atoms with Crippen molar-refractivity contribution >= 4 is 17.0 Å². The molecule has 1 fully saturated rings. The summed E-state index contributed by atoms with van der Waals surface area (Å²) >= 11 is 0. The Labute approximate surface area is 135 Å². The summed E-state index contributed by atoms with van der Waals surface area (Å²) in [4.78, 5) is 18.1. The van der Waals surface area contributed by atoms with Crippen molar-refractivity contribution in [3.63, 3.8) is 0 Å². The van der Waals surface area contributed by atoms with E-state index >= 15 is 0 Å². The van der Waals surface area contributed by atoms with Crippen LogP contribution in [0, 0.1) is 5.92 Å². The summed E-state index contributed by atoms with van der Waals surface area (Å²) in [5.74, 6) is 0.572. The van der Waals surface area contributed by atoms with Gasteiger partial charge < -0.3 is 15.4 Å². The van der Waals surface area contributed by atoms with Gasteiger partial charge in [-0.05, 0) is 24.5 Å². The minimum Gasteiger partial charge on any atom is -0.480 e. The van der Waals surface area contributed by atoms with Crippen LogP contribution < -0.4 is 5.73 Å². The van der Waals surface area contributed by atoms with Crippen molar-refractivity contribution in [1.82, 2.24) is 14.5 Å². The van der Waals surface area contributed by atoms with Gasteiger partial charge in [0.05, 0.1) is 17.6 Å². The molecule has 0 spiro atoms. The second-order valence-electron chi connectivity index (χ2n) is 6.94. The third-order valence-electron chi connectivity index (χ3n) is 4.45. The van der Waals surface area contributed by atoms with Crippen molar-refractivity contribution in [2.45, 2.75) is 38.9 Å². The number of imidazole rings is 1. The molecule has 1 aromatic heterocycles. The van der Waals surface area contributed by atoms with Gasteiger partial charge in [0.25, 0.3) is 0 Å². The molecule has 3 rings (SSSR count). The molecule has 1 aliphatic heterocycles. The van der Waals surface area contributed by atoms with Crippen LogP contribution in [0.15, 0.2) is 24.3 Å². The minimum absolute atomic E-state index is 0.368. The van der Waals surface area contributed by atoms with Crippen molar-refractivity contribution < 1.29 is 9.90 Å². The van der Waals surface area contributed by atoms with Crippen molar-refractivity contribution in [2.24, 2.45) is 11.7 Å². The zero-order valence-electron chi connectivity index (χ0n) is 13.7. The molecule has 0 radical (unpaired) electrons. The minimum atomic E-state index is -1.13. The number of fused-ring (bicyclic) bond motifs is 1. The SMILES string of the molecule is CC(C)Cn1c(CN2CC[C@@](N)(C(=O)O)C2)nc2ccccc21. The first-order valence-electron chi connectivity index (χ1n) is 8.08. The van der Waals surface area contributed by atoms with Crippen LogP contribution in [-0.4, -0.2) is 44.2 Å². The Balaban J connectivity index is 1.87. The fourth-order valence-electron chi connectivity index (χ4n) is 3.24. The Bertz CT molecular complexity index is 724. The van der Waals surface area contributed by atoms with E-state index < -0.39 is 11.5 Å². The lowest BCUT2D eigenvalue weighted by molar-refractivity contribution is -0.142. The lowest BCUT2D eigenvalue weighted by atomic mass is 10.0. The molecule has 0 amide bonds. The molecule has 1 atom stereocenters. The van der Waals surface area contributed by atoms with Crippen LogP contribution in [0.1, 0.15) is 26.1 Å². The average molecular weight is 316 g/mol. The lowest BCUT2D eigenvalue weighted by Gasteiger charge is -2.20. The summed E-state index contributed by atoms with van der Waals surface area (Å²) in [6.45, 7) is 6.96. The number of benzene rings is 1. The van der Waals surface area contributed by atoms with Crippen molar-refractivity contribution in [1.29, 1.82) is 0 Å². The van der Waals surface area contributed by atoms with Gasteiger partial charge in [-0.2, -0.15) is 0 Å². The Morgan fingerprint density at radius 2 is 2.17 bits per heavy atom. The van der Waals surface area contributed by atoms with Crippen molar-refractivity contribution in [3.05, 3.63) is 30.1 Å². The number of carboxylic acid groups (broad SMARTS) is 1. The van der Waals surface area contributed by atoms with Crippen molar-refractivity contribution in [3.8, 4) is 0 Å². The van der Waals surface area contributed by atoms with E-state index in [1.807, 2.05) is 18.2 Å². The molecule has 0 saturated carbocycles. The topological polar surface area (TPSA) is 84.4 Å². The summed E-state index contributed by atoms with van der Waals surface area (Å²) in [5.41, 5.74) is 6.96. The predicted octanol–water partition coefficient (Wildman–Crippen LogP) is 1.68. The number of carbonyl (C=O) groups is 1. The molecule has 124 valence electrons. The van der Waals surface area contributed by atoms with Gasteiger partial charge >= 0.3 is 5.97 Å². The molecule has 2 heterocycles. The molecule has 0 aliphatic carbocycles. The van der Waals surface area contributed by atoms with Crippen LogP contribution in [0.2, 0.25) is 0 Å². The maximum Gasteiger partial charge on any atom is 0.325 e. The van der Waals surface area contributed by atoms with E-state index in [-0.39, 0.29) is 0 Å². The van der Waals surface area contributed by atoms with Gasteiger partial charge in [-0.15, -0.1) is 0 Å². The third-order valence-corrected chi connectivity index (χ3v) is 4.45. The van der Waals surface area contributed by atoms with Gasteiger partial charge in [0, 0.05) is 19.6 Å². The number of likely N-dealkylation sites (tertiary alicyclic amines) is 1. The molecule has 1 aliphatic rings. The first kappa shape index (κ1) is 16.0. The van der Waals surface area contributed by atoms with Gasteiger partial charge in [-0.25, -0.2) is 4.98 Å². The van der Waals surface area contributed by atoms with Crippen LogP contribution in [0.25, 0.3) is 11.0 Å². The molecule has 0 unspecified atom stereocenters. The molecule has 6 heteroatoms. The Hall–Kier alpha value is -1.92. The van der Waals surface area contributed by atoms with Gasteiger partial charge in [0.1, 0.15) is 11.4 Å². The lowest BCUT2D eigenvalue weighted by Crippen LogP contribution is -2.50. The fourth-order valence-corrected chi connectivity index (χ4v) is 3.24. The van der Waals surface area contributed by atoms with Crippen molar-refractivity contribution in [2.75, 3.05) is 13.1 Å². The Kier molecular flexibility index (Phi) is 4.12. The van der Waals surface area contributed by atoms with E-state index in [0.29, 0.717) is 32.0 Å². The molecule has 3 N–H and O–H groups in total. The molecular formula is C17H24N4O2. The van der Waals surface area contributed by atoms with Crippen LogP contribution in [0.3, 0.4) is 0 Å². The first-order chi connectivity index (χ1) is 10.9. The maximum atomic E-state index is 11.3. The summed E-state index contributed by atoms with van der Waals surface area (Å²) in [6.07, 6.45) is 0.479. The highest BCUT2D eigenvalue weighted by Gasteiger charge is 2.41. The molecule has 1 aromatic carbocycles. The molecule has 1 saturated heterocycles. The Morgan fingerprint density at radius 3 is 2.83 bits per heavy atom. The highest BCUT2D eigenvalue weighted by molar-refractivity contribution is 5.79. The number of para-hydroxylation sites is 2. The quantitative estimate of drug-likeness (QED) is 0.877. The van der Waals surface area contributed by atoms with Crippen LogP contribution >= 0.6 is 0 Å². The normalized spacial score (nSPS) is 22.3. The van der Waals surface area contributed by atoms with Gasteiger partial charge in [0.2, 0.25) is 0 Å². The average Bonchev–Trinajstić information content (AvgIpc) is 3.02. The molecular weight excluding hydrogens is 292 g/mol. The number of rotatable bonds is 5. The fraction of sp³-hybridized carbons (Fsp3) is 0.529. The predicted molar refractivity (Wildman–Crippen MR) is 89.0 cm³/mol. The monoisotopic (exact) mass is 316 g/mol. The van der Waals surface area contributed by atoms with E-state index in [0.717, 1.165) is 23.4 Å². The van der Waals surface area contributed by atoms with Gasteiger partial charge in [0.15, 0.2) is 0 Å². The number of aromatic nitrogens is 2. The maximum absolute atomic E-state index is 11.3. The molecule has 2 aromatic rings. The molecule has 23 heavy (non-hydrogen) atoms. The molecule has 6 nitrogen and oxygen atoms in total. The van der Waals surface area contributed by atoms with Gasteiger partial charge in [-0.3, -0.25) is 9.69 Å². The molecule has 0 bridgehead atoms. The zero-order chi connectivity index (χ0) is 16.6. The second kappa shape index (κ2) is 5.94. The summed E-state index contributed by atoms with van der Waals surface area (Å²) in [7, 11) is 0. The highest BCUT2D eigenvalue weighted by atomic mass is 16.4. The zero-order valence-corrected chi connectivity index (χ0v) is 13.7.